The molecule has 0 spiro atoms. The highest BCUT2D eigenvalue weighted by Gasteiger charge is 2.16. The third-order valence-corrected chi connectivity index (χ3v) is 1.68. The van der Waals surface area contributed by atoms with E-state index in [0.29, 0.717) is 0 Å². The van der Waals surface area contributed by atoms with E-state index in [2.05, 4.69) is 19.2 Å². The fourth-order valence-corrected chi connectivity index (χ4v) is 1.12. The summed E-state index contributed by atoms with van der Waals surface area (Å²) in [5.41, 5.74) is 0. The van der Waals surface area contributed by atoms with Gasteiger partial charge in [0.05, 0.1) is 0 Å². The summed E-state index contributed by atoms with van der Waals surface area (Å²) in [6.07, 6.45) is 2.76. The van der Waals surface area contributed by atoms with Gasteiger partial charge in [0.1, 0.15) is 0 Å². The van der Waals surface area contributed by atoms with Crippen molar-refractivity contribution in [3.63, 3.8) is 0 Å². The first-order valence-electron chi connectivity index (χ1n) is 3.52. The van der Waals surface area contributed by atoms with Gasteiger partial charge in [0, 0.05) is 6.04 Å². The van der Waals surface area contributed by atoms with E-state index < -0.39 is 0 Å². The number of nitrogens with one attached hydrogen (secondary N) is 1. The predicted octanol–water partition coefficient (Wildman–Crippen LogP) is 1.39. The van der Waals surface area contributed by atoms with Crippen LogP contribution in [0.2, 0.25) is 0 Å². The molecule has 0 amide bonds. The molecular weight excluding hydrogens is 98.1 g/mol. The van der Waals surface area contributed by atoms with Gasteiger partial charge in [0.25, 0.3) is 0 Å². The van der Waals surface area contributed by atoms with Crippen LogP contribution in [0.4, 0.5) is 0 Å². The molecule has 0 saturated carbocycles. The first-order valence-corrected chi connectivity index (χ1v) is 3.52. The van der Waals surface area contributed by atoms with Gasteiger partial charge in [-0.3, -0.25) is 0 Å². The third kappa shape index (κ3) is 1.48. The van der Waals surface area contributed by atoms with Crippen molar-refractivity contribution in [3.05, 3.63) is 0 Å². The maximum absolute atomic E-state index is 3.38. The van der Waals surface area contributed by atoms with Crippen molar-refractivity contribution in [2.75, 3.05) is 6.54 Å². The van der Waals surface area contributed by atoms with Gasteiger partial charge >= 0.3 is 0 Å². The SMILES string of the molecule is CC(C)CC1CCN1. The summed E-state index contributed by atoms with van der Waals surface area (Å²) in [4.78, 5) is 0. The summed E-state index contributed by atoms with van der Waals surface area (Å²) in [7, 11) is 0. The Morgan fingerprint density at radius 2 is 2.25 bits per heavy atom. The van der Waals surface area contributed by atoms with E-state index in [1.807, 2.05) is 0 Å². The molecule has 1 nitrogen and oxygen atoms in total. The van der Waals surface area contributed by atoms with Gasteiger partial charge in [-0.1, -0.05) is 13.8 Å². The minimum atomic E-state index is 0.856. The molecule has 48 valence electrons. The quantitative estimate of drug-likeness (QED) is 0.570. The Morgan fingerprint density at radius 1 is 1.62 bits per heavy atom. The monoisotopic (exact) mass is 113 g/mol. The summed E-state index contributed by atoms with van der Waals surface area (Å²) in [5.74, 6) is 0.868. The van der Waals surface area contributed by atoms with E-state index in [1.165, 1.54) is 19.4 Å². The molecular formula is C7H15N. The van der Waals surface area contributed by atoms with Crippen LogP contribution >= 0.6 is 0 Å². The van der Waals surface area contributed by atoms with E-state index in [9.17, 15) is 0 Å². The molecule has 0 aromatic rings. The molecule has 0 bridgehead atoms. The lowest BCUT2D eigenvalue weighted by molar-refractivity contribution is 0.316. The molecule has 1 heterocycles. The Kier molecular flexibility index (Phi) is 1.90. The van der Waals surface area contributed by atoms with Gasteiger partial charge in [-0.25, -0.2) is 0 Å². The molecule has 1 fully saturated rings. The Labute approximate surface area is 51.5 Å². The lowest BCUT2D eigenvalue weighted by atomic mass is 9.96. The van der Waals surface area contributed by atoms with E-state index in [4.69, 9.17) is 0 Å². The highest BCUT2D eigenvalue weighted by Crippen LogP contribution is 2.12. The Morgan fingerprint density at radius 3 is 2.38 bits per heavy atom. The van der Waals surface area contributed by atoms with Crippen LogP contribution in [0.5, 0.6) is 0 Å². The number of hydrogen-bond acceptors (Lipinski definition) is 1. The zero-order valence-electron chi connectivity index (χ0n) is 5.78. The summed E-state index contributed by atoms with van der Waals surface area (Å²) in [6, 6.07) is 0.856. The van der Waals surface area contributed by atoms with Crippen LogP contribution in [-0.4, -0.2) is 12.6 Å². The van der Waals surface area contributed by atoms with Crippen LogP contribution < -0.4 is 5.32 Å². The highest BCUT2D eigenvalue weighted by atomic mass is 15.0. The Bertz CT molecular complexity index is 64.8. The first kappa shape index (κ1) is 6.09. The maximum Gasteiger partial charge on any atom is 0.00815 e. The second kappa shape index (κ2) is 2.49. The smallest absolute Gasteiger partial charge is 0.00815 e. The fraction of sp³-hybridized carbons (Fsp3) is 1.00. The molecule has 1 aliphatic rings. The lowest BCUT2D eigenvalue weighted by Gasteiger charge is -2.28. The van der Waals surface area contributed by atoms with Crippen LogP contribution in [0.25, 0.3) is 0 Å². The van der Waals surface area contributed by atoms with Crippen molar-refractivity contribution >= 4 is 0 Å². The average molecular weight is 113 g/mol. The number of hydrogen-bond donors (Lipinski definition) is 1. The zero-order chi connectivity index (χ0) is 5.98. The fourth-order valence-electron chi connectivity index (χ4n) is 1.12. The molecule has 0 aromatic heterocycles. The van der Waals surface area contributed by atoms with Crippen molar-refractivity contribution in [3.8, 4) is 0 Å². The molecule has 1 unspecified atom stereocenters. The molecule has 1 aliphatic heterocycles. The number of rotatable bonds is 2. The van der Waals surface area contributed by atoms with E-state index in [1.54, 1.807) is 0 Å². The third-order valence-electron chi connectivity index (χ3n) is 1.68. The molecule has 1 N–H and O–H groups in total. The van der Waals surface area contributed by atoms with Crippen molar-refractivity contribution in [1.29, 1.82) is 0 Å². The van der Waals surface area contributed by atoms with Gasteiger partial charge in [-0.2, -0.15) is 0 Å². The lowest BCUT2D eigenvalue weighted by Crippen LogP contribution is -2.43. The van der Waals surface area contributed by atoms with Crippen molar-refractivity contribution in [2.45, 2.75) is 32.7 Å². The second-order valence-corrected chi connectivity index (χ2v) is 3.07. The first-order chi connectivity index (χ1) is 3.79. The summed E-state index contributed by atoms with van der Waals surface area (Å²) < 4.78 is 0. The van der Waals surface area contributed by atoms with E-state index in [0.717, 1.165) is 12.0 Å². The van der Waals surface area contributed by atoms with Crippen LogP contribution in [0.15, 0.2) is 0 Å². The topological polar surface area (TPSA) is 12.0 Å². The van der Waals surface area contributed by atoms with Gasteiger partial charge < -0.3 is 5.32 Å². The van der Waals surface area contributed by atoms with Gasteiger partial charge in [0.2, 0.25) is 0 Å². The largest absolute Gasteiger partial charge is 0.314 e. The molecule has 1 heteroatoms. The standard InChI is InChI=1S/C7H15N/c1-6(2)5-7-3-4-8-7/h6-8H,3-5H2,1-2H3. The van der Waals surface area contributed by atoms with Crippen molar-refractivity contribution in [1.82, 2.24) is 5.32 Å². The maximum atomic E-state index is 3.38. The minimum absolute atomic E-state index is 0.856. The molecule has 0 aliphatic carbocycles. The van der Waals surface area contributed by atoms with Crippen LogP contribution in [0, 0.1) is 5.92 Å². The summed E-state index contributed by atoms with van der Waals surface area (Å²) in [5, 5.41) is 3.38. The van der Waals surface area contributed by atoms with Crippen LogP contribution in [0.1, 0.15) is 26.7 Å². The normalized spacial score (nSPS) is 28.1. The van der Waals surface area contributed by atoms with Crippen LogP contribution in [-0.2, 0) is 0 Å². The predicted molar refractivity (Wildman–Crippen MR) is 35.9 cm³/mol. The molecule has 1 saturated heterocycles. The molecule has 1 rings (SSSR count). The summed E-state index contributed by atoms with van der Waals surface area (Å²) >= 11 is 0. The average Bonchev–Trinajstić information content (AvgIpc) is 1.55. The van der Waals surface area contributed by atoms with E-state index >= 15 is 0 Å². The molecule has 0 aromatic carbocycles. The highest BCUT2D eigenvalue weighted by molar-refractivity contribution is 4.77. The minimum Gasteiger partial charge on any atom is -0.314 e. The second-order valence-electron chi connectivity index (χ2n) is 3.07. The van der Waals surface area contributed by atoms with Crippen molar-refractivity contribution in [2.24, 2.45) is 5.92 Å². The summed E-state index contributed by atoms with van der Waals surface area (Å²) in [6.45, 7) is 5.80. The Balaban J connectivity index is 2.01. The van der Waals surface area contributed by atoms with Gasteiger partial charge in [-0.15, -0.1) is 0 Å². The van der Waals surface area contributed by atoms with Crippen molar-refractivity contribution < 1.29 is 0 Å². The Hall–Kier alpha value is -0.0400. The molecule has 1 atom stereocenters. The van der Waals surface area contributed by atoms with Gasteiger partial charge in [-0.05, 0) is 25.3 Å². The van der Waals surface area contributed by atoms with Gasteiger partial charge in [0.15, 0.2) is 0 Å². The molecule has 8 heavy (non-hydrogen) atoms. The molecule has 0 radical (unpaired) electrons. The zero-order valence-corrected chi connectivity index (χ0v) is 5.78. The van der Waals surface area contributed by atoms with Crippen LogP contribution in [0.3, 0.4) is 0 Å². The van der Waals surface area contributed by atoms with E-state index in [-0.39, 0.29) is 0 Å².